The van der Waals surface area contributed by atoms with Crippen LogP contribution in [0.15, 0.2) is 46.9 Å². The Bertz CT molecular complexity index is 1050. The number of furan rings is 1. The van der Waals surface area contributed by atoms with Gasteiger partial charge in [-0.2, -0.15) is 0 Å². The van der Waals surface area contributed by atoms with Gasteiger partial charge in [-0.1, -0.05) is 46.1 Å². The third-order valence-electron chi connectivity index (χ3n) is 6.46. The molecule has 0 saturated carbocycles. The highest BCUT2D eigenvalue weighted by atomic mass is 16.5. The van der Waals surface area contributed by atoms with Crippen LogP contribution in [0.3, 0.4) is 0 Å². The summed E-state index contributed by atoms with van der Waals surface area (Å²) in [5.41, 5.74) is 8.71. The van der Waals surface area contributed by atoms with Gasteiger partial charge in [-0.05, 0) is 75.2 Å². The normalized spacial score (nSPS) is 11.4. The number of ketones is 1. The average molecular weight is 479 g/mol. The van der Waals surface area contributed by atoms with E-state index in [0.29, 0.717) is 29.0 Å². The number of carbonyl (C=O) groups is 1. The van der Waals surface area contributed by atoms with Crippen molar-refractivity contribution in [2.24, 2.45) is 0 Å². The average Bonchev–Trinajstić information content (AvgIpc) is 3.26. The predicted octanol–water partition coefficient (Wildman–Crippen LogP) is 7.26. The van der Waals surface area contributed by atoms with Gasteiger partial charge in [0, 0.05) is 24.2 Å². The molecule has 35 heavy (non-hydrogen) atoms. The molecule has 190 valence electrons. The van der Waals surface area contributed by atoms with Crippen LogP contribution >= 0.6 is 0 Å². The van der Waals surface area contributed by atoms with Gasteiger partial charge in [0.15, 0.2) is 5.78 Å². The number of aryl methyl sites for hydroxylation is 1. The van der Waals surface area contributed by atoms with Crippen molar-refractivity contribution in [2.75, 3.05) is 32.0 Å². The molecule has 5 nitrogen and oxygen atoms in total. The van der Waals surface area contributed by atoms with Crippen LogP contribution in [0.1, 0.15) is 87.4 Å². The van der Waals surface area contributed by atoms with Crippen LogP contribution in [0.5, 0.6) is 5.75 Å². The van der Waals surface area contributed by atoms with Gasteiger partial charge in [0.05, 0.1) is 17.6 Å². The number of benzene rings is 2. The maximum Gasteiger partial charge on any atom is 0.197 e. The standard InChI is InChI=1S/C30H42N2O3/c1-4-7-13-27-29(28-25(31)12-10-14-26(28)35-27)30(33)23-15-17-24(18-16-23)34-22-11-21-32(19-8-5-2)20-9-6-3/h10,12,14-18H,4-9,11,13,19-22,31H2,1-3H3. The molecule has 3 aromatic rings. The van der Waals surface area contributed by atoms with Gasteiger partial charge in [-0.15, -0.1) is 0 Å². The zero-order valence-electron chi connectivity index (χ0n) is 21.8. The first-order valence-electron chi connectivity index (χ1n) is 13.4. The Kier molecular flexibility index (Phi) is 10.7. The molecule has 0 radical (unpaired) electrons. The Morgan fingerprint density at radius 1 is 0.886 bits per heavy atom. The molecule has 1 heterocycles. The van der Waals surface area contributed by atoms with E-state index in [1.165, 1.54) is 38.8 Å². The van der Waals surface area contributed by atoms with Gasteiger partial charge in [0.2, 0.25) is 0 Å². The molecule has 0 aliphatic rings. The number of ether oxygens (including phenoxy) is 1. The van der Waals surface area contributed by atoms with Crippen molar-refractivity contribution >= 4 is 22.4 Å². The molecule has 0 unspecified atom stereocenters. The van der Waals surface area contributed by atoms with E-state index in [1.807, 2.05) is 42.5 Å². The molecular formula is C30H42N2O3. The highest BCUT2D eigenvalue weighted by Crippen LogP contribution is 2.33. The van der Waals surface area contributed by atoms with Crippen LogP contribution in [-0.4, -0.2) is 36.9 Å². The van der Waals surface area contributed by atoms with E-state index < -0.39 is 0 Å². The van der Waals surface area contributed by atoms with Crippen LogP contribution in [-0.2, 0) is 6.42 Å². The molecular weight excluding hydrogens is 436 g/mol. The first-order chi connectivity index (χ1) is 17.1. The van der Waals surface area contributed by atoms with Crippen molar-refractivity contribution in [2.45, 2.75) is 72.1 Å². The van der Waals surface area contributed by atoms with Crippen LogP contribution < -0.4 is 10.5 Å². The lowest BCUT2D eigenvalue weighted by Gasteiger charge is -2.21. The number of fused-ring (bicyclic) bond motifs is 1. The molecule has 2 N–H and O–H groups in total. The van der Waals surface area contributed by atoms with Crippen molar-refractivity contribution in [1.82, 2.24) is 4.90 Å². The smallest absolute Gasteiger partial charge is 0.197 e. The first kappa shape index (κ1) is 26.8. The predicted molar refractivity (Wildman–Crippen MR) is 145 cm³/mol. The molecule has 2 aromatic carbocycles. The summed E-state index contributed by atoms with van der Waals surface area (Å²) in [5, 5.41) is 0.722. The molecule has 0 aliphatic carbocycles. The highest BCUT2D eigenvalue weighted by molar-refractivity contribution is 6.19. The minimum absolute atomic E-state index is 0.0539. The second-order valence-electron chi connectivity index (χ2n) is 9.33. The first-order valence-corrected chi connectivity index (χ1v) is 13.4. The third kappa shape index (κ3) is 7.35. The number of hydrogen-bond donors (Lipinski definition) is 1. The number of hydrogen-bond acceptors (Lipinski definition) is 5. The molecule has 0 fully saturated rings. The van der Waals surface area contributed by atoms with Crippen molar-refractivity contribution in [3.63, 3.8) is 0 Å². The molecule has 0 spiro atoms. The fourth-order valence-corrected chi connectivity index (χ4v) is 4.40. The summed E-state index contributed by atoms with van der Waals surface area (Å²) < 4.78 is 12.0. The molecule has 1 aromatic heterocycles. The number of nitrogens with two attached hydrogens (primary N) is 1. The Balaban J connectivity index is 1.64. The van der Waals surface area contributed by atoms with E-state index >= 15 is 0 Å². The zero-order chi connectivity index (χ0) is 25.0. The minimum atomic E-state index is -0.0539. The summed E-state index contributed by atoms with van der Waals surface area (Å²) in [7, 11) is 0. The topological polar surface area (TPSA) is 68.7 Å². The summed E-state index contributed by atoms with van der Waals surface area (Å²) >= 11 is 0. The van der Waals surface area contributed by atoms with Gasteiger partial charge in [0.1, 0.15) is 17.1 Å². The van der Waals surface area contributed by atoms with Crippen LogP contribution in [0.25, 0.3) is 11.0 Å². The molecule has 0 aliphatic heterocycles. The number of unbranched alkanes of at least 4 members (excludes halogenated alkanes) is 3. The minimum Gasteiger partial charge on any atom is -0.494 e. The lowest BCUT2D eigenvalue weighted by Crippen LogP contribution is -2.28. The van der Waals surface area contributed by atoms with E-state index in [9.17, 15) is 4.79 Å². The second-order valence-corrected chi connectivity index (χ2v) is 9.33. The van der Waals surface area contributed by atoms with E-state index in [-0.39, 0.29) is 5.78 Å². The van der Waals surface area contributed by atoms with Crippen molar-refractivity contribution in [1.29, 1.82) is 0 Å². The monoisotopic (exact) mass is 478 g/mol. The quantitative estimate of drug-likeness (QED) is 0.133. The lowest BCUT2D eigenvalue weighted by atomic mass is 9.97. The zero-order valence-corrected chi connectivity index (χ0v) is 21.8. The molecule has 0 atom stereocenters. The van der Waals surface area contributed by atoms with Crippen LogP contribution in [0.2, 0.25) is 0 Å². The Morgan fingerprint density at radius 2 is 1.54 bits per heavy atom. The molecule has 0 amide bonds. The third-order valence-corrected chi connectivity index (χ3v) is 6.46. The number of nitrogens with zero attached hydrogens (tertiary/aromatic N) is 1. The second kappa shape index (κ2) is 13.9. The molecule has 5 heteroatoms. The van der Waals surface area contributed by atoms with E-state index in [1.54, 1.807) is 0 Å². The number of rotatable bonds is 16. The van der Waals surface area contributed by atoms with Gasteiger partial charge >= 0.3 is 0 Å². The van der Waals surface area contributed by atoms with Crippen molar-refractivity contribution in [3.05, 3.63) is 59.4 Å². The fourth-order valence-electron chi connectivity index (χ4n) is 4.40. The number of carbonyl (C=O) groups excluding carboxylic acids is 1. The maximum atomic E-state index is 13.5. The molecule has 0 bridgehead atoms. The summed E-state index contributed by atoms with van der Waals surface area (Å²) in [6, 6.07) is 13.0. The maximum absolute atomic E-state index is 13.5. The summed E-state index contributed by atoms with van der Waals surface area (Å²) in [5.74, 6) is 1.46. The largest absolute Gasteiger partial charge is 0.494 e. The van der Waals surface area contributed by atoms with Gasteiger partial charge in [0.25, 0.3) is 0 Å². The number of nitrogen functional groups attached to an aromatic ring is 1. The van der Waals surface area contributed by atoms with Gasteiger partial charge in [-0.25, -0.2) is 0 Å². The lowest BCUT2D eigenvalue weighted by molar-refractivity contribution is 0.103. The van der Waals surface area contributed by atoms with Gasteiger partial charge < -0.3 is 19.8 Å². The summed E-state index contributed by atoms with van der Waals surface area (Å²) in [6.45, 7) is 10.7. The van der Waals surface area contributed by atoms with E-state index in [2.05, 4.69) is 25.7 Å². The Morgan fingerprint density at radius 3 is 2.20 bits per heavy atom. The van der Waals surface area contributed by atoms with Crippen molar-refractivity contribution in [3.8, 4) is 5.75 Å². The van der Waals surface area contributed by atoms with E-state index in [0.717, 1.165) is 49.1 Å². The Labute approximate surface area is 210 Å². The Hall–Kier alpha value is -2.79. The van der Waals surface area contributed by atoms with Crippen LogP contribution in [0, 0.1) is 0 Å². The van der Waals surface area contributed by atoms with Crippen molar-refractivity contribution < 1.29 is 13.9 Å². The SMILES string of the molecule is CCCCc1oc2cccc(N)c2c1C(=O)c1ccc(OCCCN(CCCC)CCCC)cc1. The highest BCUT2D eigenvalue weighted by Gasteiger charge is 2.23. The molecule has 0 saturated heterocycles. The summed E-state index contributed by atoms with van der Waals surface area (Å²) in [4.78, 5) is 16.1. The van der Waals surface area contributed by atoms with E-state index in [4.69, 9.17) is 14.9 Å². The molecule has 3 rings (SSSR count). The fraction of sp³-hybridized carbons (Fsp3) is 0.500. The number of anilines is 1. The van der Waals surface area contributed by atoms with Crippen LogP contribution in [0.4, 0.5) is 5.69 Å². The summed E-state index contributed by atoms with van der Waals surface area (Å²) in [6.07, 6.45) is 8.66. The van der Waals surface area contributed by atoms with Gasteiger partial charge in [-0.3, -0.25) is 4.79 Å².